The van der Waals surface area contributed by atoms with Crippen molar-refractivity contribution >= 4 is 10.0 Å². The van der Waals surface area contributed by atoms with Gasteiger partial charge < -0.3 is 4.42 Å². The first kappa shape index (κ1) is 17.0. The summed E-state index contributed by atoms with van der Waals surface area (Å²) in [5.74, 6) is 0.837. The molecule has 0 N–H and O–H groups in total. The highest BCUT2D eigenvalue weighted by molar-refractivity contribution is 7.89. The predicted octanol–water partition coefficient (Wildman–Crippen LogP) is 3.83. The topological polar surface area (TPSA) is 63.4 Å². The molecule has 1 atom stereocenters. The third kappa shape index (κ3) is 3.18. The lowest BCUT2D eigenvalue weighted by Crippen LogP contribution is -2.28. The molecule has 1 unspecified atom stereocenters. The van der Waals surface area contributed by atoms with Crippen LogP contribution in [0, 0.1) is 6.92 Å². The third-order valence-corrected chi connectivity index (χ3v) is 6.71. The van der Waals surface area contributed by atoms with Gasteiger partial charge in [0.2, 0.25) is 10.0 Å². The quantitative estimate of drug-likeness (QED) is 0.702. The SMILES string of the molecule is Cc1nc(-c2ccc(S(=O)(=O)N3CCC(c4ccccc4)C3)cc2)co1. The van der Waals surface area contributed by atoms with Gasteiger partial charge in [0.25, 0.3) is 0 Å². The molecule has 26 heavy (non-hydrogen) atoms. The Morgan fingerprint density at radius 2 is 1.81 bits per heavy atom. The smallest absolute Gasteiger partial charge is 0.243 e. The Kier molecular flexibility index (Phi) is 4.38. The molecule has 2 heterocycles. The summed E-state index contributed by atoms with van der Waals surface area (Å²) < 4.78 is 32.7. The van der Waals surface area contributed by atoms with Crippen LogP contribution in [0.25, 0.3) is 11.3 Å². The monoisotopic (exact) mass is 368 g/mol. The van der Waals surface area contributed by atoms with Crippen molar-refractivity contribution in [3.05, 3.63) is 72.3 Å². The Morgan fingerprint density at radius 3 is 2.46 bits per heavy atom. The summed E-state index contributed by atoms with van der Waals surface area (Å²) in [4.78, 5) is 4.58. The number of sulfonamides is 1. The van der Waals surface area contributed by atoms with E-state index in [1.165, 1.54) is 5.56 Å². The molecule has 0 radical (unpaired) electrons. The number of hydrogen-bond donors (Lipinski definition) is 0. The first-order valence-electron chi connectivity index (χ1n) is 8.62. The second-order valence-corrected chi connectivity index (χ2v) is 8.47. The Morgan fingerprint density at radius 1 is 1.08 bits per heavy atom. The van der Waals surface area contributed by atoms with Crippen LogP contribution in [0.2, 0.25) is 0 Å². The maximum atomic E-state index is 13.0. The van der Waals surface area contributed by atoms with Crippen LogP contribution in [0.3, 0.4) is 0 Å². The molecule has 0 saturated carbocycles. The number of aryl methyl sites for hydroxylation is 1. The van der Waals surface area contributed by atoms with Crippen LogP contribution in [-0.2, 0) is 10.0 Å². The first-order valence-corrected chi connectivity index (χ1v) is 10.1. The minimum Gasteiger partial charge on any atom is -0.449 e. The van der Waals surface area contributed by atoms with Gasteiger partial charge in [-0.25, -0.2) is 13.4 Å². The van der Waals surface area contributed by atoms with Crippen LogP contribution in [0.15, 0.2) is 70.2 Å². The molecule has 6 heteroatoms. The zero-order valence-electron chi connectivity index (χ0n) is 14.5. The Bertz CT molecular complexity index is 995. The minimum atomic E-state index is -3.48. The fraction of sp³-hybridized carbons (Fsp3) is 0.250. The lowest BCUT2D eigenvalue weighted by molar-refractivity contribution is 0.473. The molecule has 2 aromatic carbocycles. The molecule has 0 amide bonds. The van der Waals surface area contributed by atoms with Crippen molar-refractivity contribution in [1.82, 2.24) is 9.29 Å². The van der Waals surface area contributed by atoms with Gasteiger partial charge in [-0.05, 0) is 30.0 Å². The van der Waals surface area contributed by atoms with Gasteiger partial charge in [0.15, 0.2) is 5.89 Å². The van der Waals surface area contributed by atoms with Crippen molar-refractivity contribution in [1.29, 1.82) is 0 Å². The van der Waals surface area contributed by atoms with Crippen LogP contribution in [0.5, 0.6) is 0 Å². The van der Waals surface area contributed by atoms with E-state index in [-0.39, 0.29) is 5.92 Å². The molecule has 0 aliphatic carbocycles. The second-order valence-electron chi connectivity index (χ2n) is 6.54. The van der Waals surface area contributed by atoms with E-state index < -0.39 is 10.0 Å². The highest BCUT2D eigenvalue weighted by atomic mass is 32.2. The number of nitrogens with zero attached hydrogens (tertiary/aromatic N) is 2. The Hall–Kier alpha value is -2.44. The van der Waals surface area contributed by atoms with Crippen LogP contribution in [0.1, 0.15) is 23.8 Å². The standard InChI is InChI=1S/C20H20N2O3S/c1-15-21-20(14-25-15)17-7-9-19(10-8-17)26(23,24)22-12-11-18(13-22)16-5-3-2-4-6-16/h2-10,14,18H,11-13H2,1H3. The molecular formula is C20H20N2O3S. The zero-order chi connectivity index (χ0) is 18.1. The molecule has 134 valence electrons. The highest BCUT2D eigenvalue weighted by Crippen LogP contribution is 2.31. The fourth-order valence-electron chi connectivity index (χ4n) is 3.39. The lowest BCUT2D eigenvalue weighted by atomic mass is 9.99. The second kappa shape index (κ2) is 6.70. The van der Waals surface area contributed by atoms with E-state index in [9.17, 15) is 8.42 Å². The largest absolute Gasteiger partial charge is 0.449 e. The summed E-state index contributed by atoms with van der Waals surface area (Å²) in [5, 5.41) is 0. The normalized spacial score (nSPS) is 18.3. The van der Waals surface area contributed by atoms with E-state index in [4.69, 9.17) is 4.42 Å². The van der Waals surface area contributed by atoms with Crippen LogP contribution < -0.4 is 0 Å². The Balaban J connectivity index is 1.53. The number of hydrogen-bond acceptors (Lipinski definition) is 4. The van der Waals surface area contributed by atoms with Gasteiger partial charge in [-0.3, -0.25) is 0 Å². The highest BCUT2D eigenvalue weighted by Gasteiger charge is 2.33. The molecule has 0 spiro atoms. The molecule has 0 bridgehead atoms. The van der Waals surface area contributed by atoms with Crippen molar-refractivity contribution in [2.75, 3.05) is 13.1 Å². The predicted molar refractivity (Wildman–Crippen MR) is 99.2 cm³/mol. The molecular weight excluding hydrogens is 348 g/mol. The Labute approximate surface area is 153 Å². The summed E-state index contributed by atoms with van der Waals surface area (Å²) in [6.45, 7) is 2.85. The molecule has 1 aliphatic rings. The first-order chi connectivity index (χ1) is 12.5. The van der Waals surface area contributed by atoms with Gasteiger partial charge in [-0.15, -0.1) is 0 Å². The third-order valence-electron chi connectivity index (χ3n) is 4.83. The molecule has 3 aromatic rings. The van der Waals surface area contributed by atoms with Crippen molar-refractivity contribution in [3.63, 3.8) is 0 Å². The van der Waals surface area contributed by atoms with Gasteiger partial charge in [-0.1, -0.05) is 42.5 Å². The van der Waals surface area contributed by atoms with Gasteiger partial charge in [0.05, 0.1) is 4.90 Å². The van der Waals surface area contributed by atoms with E-state index in [1.54, 1.807) is 41.8 Å². The average molecular weight is 368 g/mol. The molecule has 1 fully saturated rings. The van der Waals surface area contributed by atoms with E-state index in [0.29, 0.717) is 29.6 Å². The van der Waals surface area contributed by atoms with Gasteiger partial charge in [0.1, 0.15) is 12.0 Å². The number of oxazole rings is 1. The van der Waals surface area contributed by atoms with Crippen molar-refractivity contribution in [3.8, 4) is 11.3 Å². The maximum absolute atomic E-state index is 13.0. The minimum absolute atomic E-state index is 0.253. The zero-order valence-corrected chi connectivity index (χ0v) is 15.3. The summed E-state index contributed by atoms with van der Waals surface area (Å²) in [7, 11) is -3.48. The van der Waals surface area contributed by atoms with Crippen LogP contribution in [-0.4, -0.2) is 30.8 Å². The molecule has 1 aromatic heterocycles. The fourth-order valence-corrected chi connectivity index (χ4v) is 4.89. The van der Waals surface area contributed by atoms with E-state index >= 15 is 0 Å². The van der Waals surface area contributed by atoms with Crippen molar-refractivity contribution in [2.45, 2.75) is 24.2 Å². The van der Waals surface area contributed by atoms with Gasteiger partial charge in [-0.2, -0.15) is 4.31 Å². The van der Waals surface area contributed by atoms with Gasteiger partial charge in [0, 0.05) is 25.6 Å². The van der Waals surface area contributed by atoms with E-state index in [2.05, 4.69) is 17.1 Å². The van der Waals surface area contributed by atoms with Gasteiger partial charge >= 0.3 is 0 Å². The average Bonchev–Trinajstić information content (AvgIpc) is 3.32. The van der Waals surface area contributed by atoms with E-state index in [0.717, 1.165) is 12.0 Å². The summed E-state index contributed by atoms with van der Waals surface area (Å²) >= 11 is 0. The molecule has 1 saturated heterocycles. The summed E-state index contributed by atoms with van der Waals surface area (Å²) in [6.07, 6.45) is 2.42. The van der Waals surface area contributed by atoms with Crippen LogP contribution >= 0.6 is 0 Å². The lowest BCUT2D eigenvalue weighted by Gasteiger charge is -2.17. The molecule has 4 rings (SSSR count). The molecule has 5 nitrogen and oxygen atoms in total. The number of benzene rings is 2. The number of rotatable bonds is 4. The van der Waals surface area contributed by atoms with Crippen molar-refractivity contribution in [2.24, 2.45) is 0 Å². The summed E-state index contributed by atoms with van der Waals surface area (Å²) in [6, 6.07) is 16.9. The van der Waals surface area contributed by atoms with E-state index in [1.807, 2.05) is 18.2 Å². The van der Waals surface area contributed by atoms with Crippen LogP contribution in [0.4, 0.5) is 0 Å². The number of aromatic nitrogens is 1. The van der Waals surface area contributed by atoms with Crippen molar-refractivity contribution < 1.29 is 12.8 Å². The maximum Gasteiger partial charge on any atom is 0.243 e. The molecule has 1 aliphatic heterocycles. The summed E-state index contributed by atoms with van der Waals surface area (Å²) in [5.41, 5.74) is 2.74.